The molecular formula is C17H17ClN6O3. The standard InChI is InChI=1S/C17H17ClN6O3/c1-22-6-8-23(9-7-22)17(26)27-16-14-13(11(18)2-5-20-14)15(25)24(16)12-3-4-19-10-21-12/h2-5,10,16H,6-9H2,1H3. The molecule has 1 saturated heterocycles. The Morgan fingerprint density at radius 2 is 1.96 bits per heavy atom. The Morgan fingerprint density at radius 1 is 1.19 bits per heavy atom. The number of pyridine rings is 1. The molecule has 0 bridgehead atoms. The number of anilines is 1. The van der Waals surface area contributed by atoms with Gasteiger partial charge in [0.2, 0.25) is 6.23 Å². The molecule has 1 unspecified atom stereocenters. The number of carbonyl (C=O) groups excluding carboxylic acids is 2. The average molecular weight is 389 g/mol. The summed E-state index contributed by atoms with van der Waals surface area (Å²) >= 11 is 6.21. The number of rotatable bonds is 2. The number of fused-ring (bicyclic) bond motifs is 1. The van der Waals surface area contributed by atoms with Gasteiger partial charge in [0, 0.05) is 38.6 Å². The number of carbonyl (C=O) groups is 2. The van der Waals surface area contributed by atoms with E-state index in [1.165, 1.54) is 29.7 Å². The second kappa shape index (κ2) is 7.09. The second-order valence-corrected chi connectivity index (χ2v) is 6.73. The minimum absolute atomic E-state index is 0.217. The maximum atomic E-state index is 13.0. The number of ether oxygens (including phenoxy) is 1. The van der Waals surface area contributed by atoms with E-state index in [1.54, 1.807) is 11.0 Å². The Morgan fingerprint density at radius 3 is 2.67 bits per heavy atom. The smallest absolute Gasteiger partial charge is 0.412 e. The summed E-state index contributed by atoms with van der Waals surface area (Å²) in [6, 6.07) is 3.09. The van der Waals surface area contributed by atoms with Gasteiger partial charge in [0.25, 0.3) is 5.91 Å². The van der Waals surface area contributed by atoms with Gasteiger partial charge in [-0.15, -0.1) is 0 Å². The molecule has 0 saturated carbocycles. The van der Waals surface area contributed by atoms with Gasteiger partial charge in [-0.1, -0.05) is 11.6 Å². The van der Waals surface area contributed by atoms with Crippen molar-refractivity contribution >= 4 is 29.4 Å². The van der Waals surface area contributed by atoms with Crippen LogP contribution in [0.15, 0.2) is 30.9 Å². The molecule has 2 aromatic heterocycles. The molecule has 140 valence electrons. The van der Waals surface area contributed by atoms with E-state index in [9.17, 15) is 9.59 Å². The fourth-order valence-corrected chi connectivity index (χ4v) is 3.35. The van der Waals surface area contributed by atoms with Crippen LogP contribution in [0.5, 0.6) is 0 Å². The lowest BCUT2D eigenvalue weighted by Crippen LogP contribution is -2.48. The van der Waals surface area contributed by atoms with Crippen LogP contribution in [-0.4, -0.2) is 70.0 Å². The molecule has 2 amide bonds. The molecule has 1 fully saturated rings. The van der Waals surface area contributed by atoms with E-state index in [2.05, 4.69) is 19.9 Å². The summed E-state index contributed by atoms with van der Waals surface area (Å²) in [7, 11) is 2.00. The molecule has 2 aliphatic rings. The molecule has 1 atom stereocenters. The van der Waals surface area contributed by atoms with E-state index in [0.29, 0.717) is 24.6 Å². The van der Waals surface area contributed by atoms with Crippen LogP contribution in [0.25, 0.3) is 0 Å². The highest BCUT2D eigenvalue weighted by molar-refractivity contribution is 6.35. The predicted octanol–water partition coefficient (Wildman–Crippen LogP) is 1.57. The SMILES string of the molecule is CN1CCN(C(=O)OC2c3nccc(Cl)c3C(=O)N2c2ccncn2)CC1. The third-order valence-electron chi connectivity index (χ3n) is 4.62. The summed E-state index contributed by atoms with van der Waals surface area (Å²) in [4.78, 5) is 42.9. The molecule has 27 heavy (non-hydrogen) atoms. The van der Waals surface area contributed by atoms with E-state index >= 15 is 0 Å². The Kier molecular flexibility index (Phi) is 4.63. The number of halogens is 1. The Bertz CT molecular complexity index is 872. The van der Waals surface area contributed by atoms with Crippen molar-refractivity contribution in [1.29, 1.82) is 0 Å². The fourth-order valence-electron chi connectivity index (χ4n) is 3.12. The second-order valence-electron chi connectivity index (χ2n) is 6.32. The number of nitrogens with zero attached hydrogens (tertiary/aromatic N) is 6. The molecular weight excluding hydrogens is 372 g/mol. The van der Waals surface area contributed by atoms with Crippen LogP contribution in [-0.2, 0) is 4.74 Å². The van der Waals surface area contributed by atoms with Crippen LogP contribution in [0.2, 0.25) is 5.02 Å². The van der Waals surface area contributed by atoms with E-state index in [-0.39, 0.29) is 10.6 Å². The van der Waals surface area contributed by atoms with Gasteiger partial charge in [0.15, 0.2) is 0 Å². The first kappa shape index (κ1) is 17.6. The predicted molar refractivity (Wildman–Crippen MR) is 96.4 cm³/mol. The summed E-state index contributed by atoms with van der Waals surface area (Å²) in [5.74, 6) is -0.113. The minimum atomic E-state index is -1.03. The van der Waals surface area contributed by atoms with Crippen LogP contribution >= 0.6 is 11.6 Å². The number of aromatic nitrogens is 3. The lowest BCUT2D eigenvalue weighted by molar-refractivity contribution is 0.0476. The van der Waals surface area contributed by atoms with E-state index in [0.717, 1.165) is 13.1 Å². The quantitative estimate of drug-likeness (QED) is 0.771. The third kappa shape index (κ3) is 3.19. The summed E-state index contributed by atoms with van der Waals surface area (Å²) in [5, 5.41) is 0.252. The van der Waals surface area contributed by atoms with Crippen LogP contribution in [0, 0.1) is 0 Å². The first-order valence-corrected chi connectivity index (χ1v) is 8.82. The van der Waals surface area contributed by atoms with Gasteiger partial charge < -0.3 is 14.5 Å². The first-order valence-electron chi connectivity index (χ1n) is 8.44. The lowest BCUT2D eigenvalue weighted by atomic mass is 10.2. The number of hydrogen-bond donors (Lipinski definition) is 0. The molecule has 0 radical (unpaired) electrons. The zero-order valence-corrected chi connectivity index (χ0v) is 15.3. The number of amides is 2. The Hall–Kier alpha value is -2.78. The van der Waals surface area contributed by atoms with Gasteiger partial charge in [-0.2, -0.15) is 0 Å². The summed E-state index contributed by atoms with van der Waals surface area (Å²) < 4.78 is 5.70. The molecule has 0 N–H and O–H groups in total. The van der Waals surface area contributed by atoms with Crippen molar-refractivity contribution in [3.05, 3.63) is 47.1 Å². The van der Waals surface area contributed by atoms with Crippen molar-refractivity contribution in [2.24, 2.45) is 0 Å². The average Bonchev–Trinajstić information content (AvgIpc) is 2.96. The molecule has 9 nitrogen and oxygen atoms in total. The number of piperazine rings is 1. The van der Waals surface area contributed by atoms with Crippen LogP contribution < -0.4 is 4.90 Å². The van der Waals surface area contributed by atoms with E-state index in [1.807, 2.05) is 7.05 Å². The van der Waals surface area contributed by atoms with Gasteiger partial charge in [0.05, 0.1) is 10.6 Å². The minimum Gasteiger partial charge on any atom is -0.419 e. The van der Waals surface area contributed by atoms with Gasteiger partial charge in [-0.25, -0.2) is 19.7 Å². The monoisotopic (exact) mass is 388 g/mol. The summed E-state index contributed by atoms with van der Waals surface area (Å²) in [6.07, 6.45) is 2.77. The first-order chi connectivity index (χ1) is 13.1. The van der Waals surface area contributed by atoms with Crippen molar-refractivity contribution < 1.29 is 14.3 Å². The van der Waals surface area contributed by atoms with Crippen LogP contribution in [0.3, 0.4) is 0 Å². The van der Waals surface area contributed by atoms with Crippen molar-refractivity contribution in [2.75, 3.05) is 38.1 Å². The van der Waals surface area contributed by atoms with Crippen LogP contribution in [0.1, 0.15) is 22.3 Å². The zero-order chi connectivity index (χ0) is 19.0. The summed E-state index contributed by atoms with van der Waals surface area (Å²) in [6.45, 7) is 2.63. The maximum Gasteiger partial charge on any atom is 0.412 e. The van der Waals surface area contributed by atoms with Crippen molar-refractivity contribution in [1.82, 2.24) is 24.8 Å². The van der Waals surface area contributed by atoms with E-state index in [4.69, 9.17) is 16.3 Å². The lowest BCUT2D eigenvalue weighted by Gasteiger charge is -2.33. The molecule has 4 rings (SSSR count). The number of likely N-dealkylation sites (N-methyl/N-ethyl adjacent to an activating group) is 1. The van der Waals surface area contributed by atoms with Crippen molar-refractivity contribution in [3.63, 3.8) is 0 Å². The fraction of sp³-hybridized carbons (Fsp3) is 0.353. The van der Waals surface area contributed by atoms with Crippen molar-refractivity contribution in [2.45, 2.75) is 6.23 Å². The molecule has 4 heterocycles. The largest absolute Gasteiger partial charge is 0.419 e. The van der Waals surface area contributed by atoms with Crippen molar-refractivity contribution in [3.8, 4) is 0 Å². The van der Waals surface area contributed by atoms with Gasteiger partial charge >= 0.3 is 6.09 Å². The highest BCUT2D eigenvalue weighted by Gasteiger charge is 2.44. The molecule has 2 aliphatic heterocycles. The maximum absolute atomic E-state index is 13.0. The van der Waals surface area contributed by atoms with E-state index < -0.39 is 18.2 Å². The molecule has 0 aliphatic carbocycles. The Balaban J connectivity index is 1.66. The highest BCUT2D eigenvalue weighted by Crippen LogP contribution is 2.39. The molecule has 2 aromatic rings. The molecule has 0 aromatic carbocycles. The normalized spacial score (nSPS) is 19.9. The van der Waals surface area contributed by atoms with Gasteiger partial charge in [-0.3, -0.25) is 9.78 Å². The Labute approximate surface area is 160 Å². The topological polar surface area (TPSA) is 91.8 Å². The number of hydrogen-bond acceptors (Lipinski definition) is 7. The third-order valence-corrected chi connectivity index (χ3v) is 4.93. The van der Waals surface area contributed by atoms with Crippen LogP contribution in [0.4, 0.5) is 10.6 Å². The molecule has 10 heteroatoms. The van der Waals surface area contributed by atoms with Gasteiger partial charge in [-0.05, 0) is 19.2 Å². The highest BCUT2D eigenvalue weighted by atomic mass is 35.5. The summed E-state index contributed by atoms with van der Waals surface area (Å²) in [5.41, 5.74) is 0.516. The van der Waals surface area contributed by atoms with Gasteiger partial charge in [0.1, 0.15) is 17.8 Å². The molecule has 0 spiro atoms. The zero-order valence-electron chi connectivity index (χ0n) is 14.6.